The smallest absolute Gasteiger partial charge is 0.129 e. The Balaban J connectivity index is 2.80. The molecule has 2 rings (SSSR count). The highest BCUT2D eigenvalue weighted by atomic mass is 35.5. The summed E-state index contributed by atoms with van der Waals surface area (Å²) in [4.78, 5) is 4.16. The number of aromatic nitrogens is 1. The lowest BCUT2D eigenvalue weighted by Crippen LogP contribution is -1.90. The molecule has 0 aliphatic heterocycles. The fourth-order valence-electron chi connectivity index (χ4n) is 1.95. The lowest BCUT2D eigenvalue weighted by molar-refractivity contribution is 1.12. The van der Waals surface area contributed by atoms with Crippen LogP contribution in [0, 0.1) is 0 Å². The summed E-state index contributed by atoms with van der Waals surface area (Å²) in [5, 5.41) is 3.06. The molecule has 1 aromatic heterocycles. The number of nitrogens with zero attached hydrogens (tertiary/aromatic N) is 1. The molecule has 0 radical (unpaired) electrons. The molecule has 15 heavy (non-hydrogen) atoms. The molecule has 0 fully saturated rings. The van der Waals surface area contributed by atoms with Crippen molar-refractivity contribution in [3.63, 3.8) is 0 Å². The van der Waals surface area contributed by atoms with Crippen LogP contribution in [0.1, 0.15) is 25.0 Å². The van der Waals surface area contributed by atoms with Crippen molar-refractivity contribution in [3.05, 3.63) is 40.7 Å². The van der Waals surface area contributed by atoms with Gasteiger partial charge < -0.3 is 0 Å². The van der Waals surface area contributed by atoms with Crippen molar-refractivity contribution in [1.29, 1.82) is 0 Å². The topological polar surface area (TPSA) is 12.9 Å². The van der Waals surface area contributed by atoms with Crippen LogP contribution in [0.25, 0.3) is 10.8 Å². The van der Waals surface area contributed by atoms with Gasteiger partial charge in [0.05, 0.1) is 0 Å². The molecule has 0 aliphatic carbocycles. The minimum atomic E-state index is 0.574. The van der Waals surface area contributed by atoms with E-state index in [1.165, 1.54) is 21.9 Å². The average molecular weight is 220 g/mol. The molecule has 1 heterocycles. The van der Waals surface area contributed by atoms with Gasteiger partial charge in [0.15, 0.2) is 0 Å². The number of aryl methyl sites for hydroxylation is 2. The van der Waals surface area contributed by atoms with Gasteiger partial charge >= 0.3 is 0 Å². The van der Waals surface area contributed by atoms with Gasteiger partial charge in [-0.15, -0.1) is 0 Å². The van der Waals surface area contributed by atoms with E-state index in [-0.39, 0.29) is 0 Å². The predicted molar refractivity (Wildman–Crippen MR) is 65.5 cm³/mol. The van der Waals surface area contributed by atoms with E-state index in [0.29, 0.717) is 5.15 Å². The van der Waals surface area contributed by atoms with Gasteiger partial charge in [-0.2, -0.15) is 0 Å². The number of benzene rings is 1. The molecule has 1 aromatic carbocycles. The largest absolute Gasteiger partial charge is 0.244 e. The van der Waals surface area contributed by atoms with Crippen molar-refractivity contribution in [3.8, 4) is 0 Å². The van der Waals surface area contributed by atoms with Crippen molar-refractivity contribution in [1.82, 2.24) is 4.98 Å². The van der Waals surface area contributed by atoms with Crippen LogP contribution in [0.4, 0.5) is 0 Å². The Labute approximate surface area is 95.1 Å². The summed E-state index contributed by atoms with van der Waals surface area (Å²) in [6.45, 7) is 4.32. The molecule has 0 aliphatic rings. The van der Waals surface area contributed by atoms with Crippen LogP contribution >= 0.6 is 11.6 Å². The highest BCUT2D eigenvalue weighted by Crippen LogP contribution is 2.25. The fourth-order valence-corrected chi connectivity index (χ4v) is 2.11. The molecular weight excluding hydrogens is 206 g/mol. The quantitative estimate of drug-likeness (QED) is 0.696. The first-order valence-corrected chi connectivity index (χ1v) is 5.70. The highest BCUT2D eigenvalue weighted by molar-refractivity contribution is 6.30. The Kier molecular flexibility index (Phi) is 2.92. The number of rotatable bonds is 2. The van der Waals surface area contributed by atoms with Gasteiger partial charge in [0, 0.05) is 11.6 Å². The molecule has 0 unspecified atom stereocenters. The lowest BCUT2D eigenvalue weighted by Gasteiger charge is -2.08. The zero-order chi connectivity index (χ0) is 10.8. The third kappa shape index (κ3) is 1.84. The van der Waals surface area contributed by atoms with Gasteiger partial charge in [0.25, 0.3) is 0 Å². The van der Waals surface area contributed by atoms with Gasteiger partial charge in [-0.25, -0.2) is 4.98 Å². The summed E-state index contributed by atoms with van der Waals surface area (Å²) >= 11 is 5.93. The first-order chi connectivity index (χ1) is 7.26. The minimum absolute atomic E-state index is 0.574. The second-order valence-electron chi connectivity index (χ2n) is 3.64. The zero-order valence-corrected chi connectivity index (χ0v) is 9.80. The summed E-state index contributed by atoms with van der Waals surface area (Å²) in [6.07, 6.45) is 3.94. The van der Waals surface area contributed by atoms with Crippen LogP contribution in [0.2, 0.25) is 5.15 Å². The van der Waals surface area contributed by atoms with Crippen LogP contribution in [0.3, 0.4) is 0 Å². The maximum atomic E-state index is 5.93. The standard InChI is InChI=1S/C13H14ClN/c1-3-9-5-6-10(4-2)12-8-15-13(14)7-11(9)12/h5-8H,3-4H2,1-2H3. The second kappa shape index (κ2) is 4.19. The van der Waals surface area contributed by atoms with Gasteiger partial charge in [-0.05, 0) is 35.4 Å². The van der Waals surface area contributed by atoms with Crippen molar-refractivity contribution in [2.45, 2.75) is 26.7 Å². The molecule has 0 spiro atoms. The average Bonchev–Trinajstić information content (AvgIpc) is 2.27. The molecule has 0 saturated carbocycles. The summed E-state index contributed by atoms with van der Waals surface area (Å²) in [6, 6.07) is 6.35. The molecule has 0 saturated heterocycles. The van der Waals surface area contributed by atoms with E-state index in [2.05, 4.69) is 31.0 Å². The van der Waals surface area contributed by atoms with E-state index in [9.17, 15) is 0 Å². The Morgan fingerprint density at radius 2 is 1.67 bits per heavy atom. The van der Waals surface area contributed by atoms with Crippen LogP contribution in [0.15, 0.2) is 24.4 Å². The van der Waals surface area contributed by atoms with Gasteiger partial charge in [-0.1, -0.05) is 37.6 Å². The molecule has 2 aromatic rings. The van der Waals surface area contributed by atoms with Crippen molar-refractivity contribution >= 4 is 22.4 Å². The van der Waals surface area contributed by atoms with E-state index in [1.54, 1.807) is 0 Å². The van der Waals surface area contributed by atoms with E-state index in [0.717, 1.165) is 12.8 Å². The molecule has 0 N–H and O–H groups in total. The number of hydrogen-bond acceptors (Lipinski definition) is 1. The van der Waals surface area contributed by atoms with E-state index in [1.807, 2.05) is 12.3 Å². The SMILES string of the molecule is CCc1ccc(CC)c2cc(Cl)ncc12. The Hall–Kier alpha value is -1.08. The predicted octanol–water partition coefficient (Wildman–Crippen LogP) is 4.01. The molecule has 2 heteroatoms. The third-order valence-corrected chi connectivity index (χ3v) is 3.02. The third-order valence-electron chi connectivity index (χ3n) is 2.81. The summed E-state index contributed by atoms with van der Waals surface area (Å²) < 4.78 is 0. The number of halogens is 1. The molecule has 1 nitrogen and oxygen atoms in total. The van der Waals surface area contributed by atoms with Gasteiger partial charge in [0.1, 0.15) is 5.15 Å². The second-order valence-corrected chi connectivity index (χ2v) is 4.03. The van der Waals surface area contributed by atoms with E-state index < -0.39 is 0 Å². The molecular formula is C13H14ClN. The lowest BCUT2D eigenvalue weighted by atomic mass is 9.99. The Bertz CT molecular complexity index is 491. The highest BCUT2D eigenvalue weighted by Gasteiger charge is 2.04. The van der Waals surface area contributed by atoms with Crippen LogP contribution in [0.5, 0.6) is 0 Å². The van der Waals surface area contributed by atoms with Crippen molar-refractivity contribution in [2.24, 2.45) is 0 Å². The molecule has 0 amide bonds. The van der Waals surface area contributed by atoms with Crippen LogP contribution in [-0.2, 0) is 12.8 Å². The first-order valence-electron chi connectivity index (χ1n) is 5.32. The van der Waals surface area contributed by atoms with Crippen LogP contribution < -0.4 is 0 Å². The summed E-state index contributed by atoms with van der Waals surface area (Å²) in [5.74, 6) is 0. The van der Waals surface area contributed by atoms with E-state index in [4.69, 9.17) is 11.6 Å². The molecule has 78 valence electrons. The minimum Gasteiger partial charge on any atom is -0.244 e. The number of fused-ring (bicyclic) bond motifs is 1. The molecule has 0 atom stereocenters. The zero-order valence-electron chi connectivity index (χ0n) is 9.05. The first kappa shape index (κ1) is 10.4. The Morgan fingerprint density at radius 1 is 1.07 bits per heavy atom. The van der Waals surface area contributed by atoms with Crippen molar-refractivity contribution < 1.29 is 0 Å². The summed E-state index contributed by atoms with van der Waals surface area (Å²) in [5.41, 5.74) is 2.68. The maximum Gasteiger partial charge on any atom is 0.129 e. The van der Waals surface area contributed by atoms with Gasteiger partial charge in [0.2, 0.25) is 0 Å². The van der Waals surface area contributed by atoms with Gasteiger partial charge in [-0.3, -0.25) is 0 Å². The molecule has 0 bridgehead atoms. The number of pyridine rings is 1. The summed E-state index contributed by atoms with van der Waals surface area (Å²) in [7, 11) is 0. The van der Waals surface area contributed by atoms with Crippen LogP contribution in [-0.4, -0.2) is 4.98 Å². The number of hydrogen-bond donors (Lipinski definition) is 0. The normalized spacial score (nSPS) is 10.9. The fraction of sp³-hybridized carbons (Fsp3) is 0.308. The van der Waals surface area contributed by atoms with E-state index >= 15 is 0 Å². The Morgan fingerprint density at radius 3 is 2.27 bits per heavy atom. The van der Waals surface area contributed by atoms with Crippen molar-refractivity contribution in [2.75, 3.05) is 0 Å². The monoisotopic (exact) mass is 219 g/mol. The maximum absolute atomic E-state index is 5.93.